The van der Waals surface area contributed by atoms with E-state index in [-0.39, 0.29) is 28.1 Å². The first-order chi connectivity index (χ1) is 10.4. The second-order valence-corrected chi connectivity index (χ2v) is 5.55. The molecule has 0 fully saturated rings. The Labute approximate surface area is 134 Å². The Morgan fingerprint density at radius 2 is 2.09 bits per heavy atom. The minimum Gasteiger partial charge on any atom is -0.484 e. The number of ether oxygens (including phenoxy) is 1. The third-order valence-corrected chi connectivity index (χ3v) is 3.58. The van der Waals surface area contributed by atoms with Crippen LogP contribution in [0.25, 0.3) is 0 Å². The number of hydrogen-bond acceptors (Lipinski definition) is 4. The summed E-state index contributed by atoms with van der Waals surface area (Å²) in [7, 11) is 0. The van der Waals surface area contributed by atoms with E-state index >= 15 is 0 Å². The fourth-order valence-corrected chi connectivity index (χ4v) is 2.31. The highest BCUT2D eigenvalue weighted by atomic mass is 35.5. The summed E-state index contributed by atoms with van der Waals surface area (Å²) in [6, 6.07) is 2.13. The van der Waals surface area contributed by atoms with E-state index in [4.69, 9.17) is 21.4 Å². The number of nitro benzene ring substituents is 1. The fourth-order valence-electron chi connectivity index (χ4n) is 2.08. The molecule has 1 aromatic rings. The average Bonchev–Trinajstić information content (AvgIpc) is 2.43. The van der Waals surface area contributed by atoms with Crippen LogP contribution in [-0.4, -0.2) is 22.1 Å². The normalized spacial score (nSPS) is 12.0. The second kappa shape index (κ2) is 8.58. The van der Waals surface area contributed by atoms with Crippen molar-refractivity contribution in [2.24, 2.45) is 0 Å². The number of nitro groups is 1. The van der Waals surface area contributed by atoms with Gasteiger partial charge in [0.1, 0.15) is 0 Å². The molecule has 0 saturated heterocycles. The van der Waals surface area contributed by atoms with Gasteiger partial charge in [-0.2, -0.15) is 0 Å². The third-order valence-electron chi connectivity index (χ3n) is 3.27. The van der Waals surface area contributed by atoms with Crippen molar-refractivity contribution in [2.75, 3.05) is 0 Å². The van der Waals surface area contributed by atoms with E-state index in [0.717, 1.165) is 38.2 Å². The van der Waals surface area contributed by atoms with Crippen LogP contribution in [0.1, 0.15) is 56.3 Å². The first-order valence-corrected chi connectivity index (χ1v) is 7.62. The van der Waals surface area contributed by atoms with Gasteiger partial charge < -0.3 is 9.84 Å². The third kappa shape index (κ3) is 5.18. The number of nitrogens with zero attached hydrogens (tertiary/aromatic N) is 1. The van der Waals surface area contributed by atoms with Crippen LogP contribution in [0.3, 0.4) is 0 Å². The zero-order valence-corrected chi connectivity index (χ0v) is 13.4. The van der Waals surface area contributed by atoms with Crippen molar-refractivity contribution in [1.29, 1.82) is 0 Å². The van der Waals surface area contributed by atoms with Gasteiger partial charge in [0.25, 0.3) is 0 Å². The van der Waals surface area contributed by atoms with Gasteiger partial charge in [0.15, 0.2) is 5.75 Å². The Balaban J connectivity index is 2.87. The molecule has 0 aromatic heterocycles. The van der Waals surface area contributed by atoms with Crippen molar-refractivity contribution < 1.29 is 19.6 Å². The van der Waals surface area contributed by atoms with Gasteiger partial charge in [0, 0.05) is 12.1 Å². The van der Waals surface area contributed by atoms with Gasteiger partial charge in [0.05, 0.1) is 21.6 Å². The lowest BCUT2D eigenvalue weighted by atomic mass is 10.1. The van der Waals surface area contributed by atoms with Gasteiger partial charge in [-0.1, -0.05) is 37.8 Å². The van der Waals surface area contributed by atoms with Crippen LogP contribution in [-0.2, 0) is 0 Å². The summed E-state index contributed by atoms with van der Waals surface area (Å²) >= 11 is 5.85. The quantitative estimate of drug-likeness (QED) is 0.403. The molecule has 122 valence electrons. The molecule has 1 aromatic carbocycles. The van der Waals surface area contributed by atoms with Crippen LogP contribution < -0.4 is 4.74 Å². The van der Waals surface area contributed by atoms with Gasteiger partial charge in [-0.15, -0.1) is 0 Å². The summed E-state index contributed by atoms with van der Waals surface area (Å²) < 4.78 is 5.58. The topological polar surface area (TPSA) is 89.7 Å². The smallest absolute Gasteiger partial charge is 0.337 e. The van der Waals surface area contributed by atoms with Crippen LogP contribution in [0.4, 0.5) is 5.69 Å². The molecule has 1 atom stereocenters. The Morgan fingerprint density at radius 1 is 1.41 bits per heavy atom. The maximum atomic E-state index is 11.1. The van der Waals surface area contributed by atoms with E-state index in [1.54, 1.807) is 0 Å². The summed E-state index contributed by atoms with van der Waals surface area (Å²) in [5, 5.41) is 20.0. The lowest BCUT2D eigenvalue weighted by Gasteiger charge is -2.15. The zero-order chi connectivity index (χ0) is 16.7. The molecule has 0 heterocycles. The van der Waals surface area contributed by atoms with Crippen molar-refractivity contribution >= 4 is 23.3 Å². The zero-order valence-electron chi connectivity index (χ0n) is 12.7. The van der Waals surface area contributed by atoms with Gasteiger partial charge in [-0.05, 0) is 19.8 Å². The van der Waals surface area contributed by atoms with Crippen molar-refractivity contribution in [1.82, 2.24) is 0 Å². The Bertz CT molecular complexity index is 547. The molecule has 0 spiro atoms. The molecule has 0 bridgehead atoms. The summed E-state index contributed by atoms with van der Waals surface area (Å²) in [5.74, 6) is -1.31. The van der Waals surface area contributed by atoms with E-state index < -0.39 is 10.9 Å². The van der Waals surface area contributed by atoms with E-state index in [1.807, 2.05) is 6.92 Å². The first kappa shape index (κ1) is 18.2. The first-order valence-electron chi connectivity index (χ1n) is 7.24. The number of carbonyl (C=O) groups is 1. The Kier molecular flexibility index (Phi) is 7.11. The molecule has 0 amide bonds. The summed E-state index contributed by atoms with van der Waals surface area (Å²) in [6.45, 7) is 3.95. The molecule has 6 nitrogen and oxygen atoms in total. The van der Waals surface area contributed by atoms with E-state index in [1.165, 1.54) is 6.07 Å². The highest BCUT2D eigenvalue weighted by molar-refractivity contribution is 6.33. The fraction of sp³-hybridized carbons (Fsp3) is 0.533. The van der Waals surface area contributed by atoms with Crippen molar-refractivity contribution in [3.63, 3.8) is 0 Å². The highest BCUT2D eigenvalue weighted by Crippen LogP contribution is 2.34. The molecule has 1 N–H and O–H groups in total. The molecule has 22 heavy (non-hydrogen) atoms. The summed E-state index contributed by atoms with van der Waals surface area (Å²) in [4.78, 5) is 21.4. The van der Waals surface area contributed by atoms with Crippen LogP contribution in [0.15, 0.2) is 12.1 Å². The molecule has 0 saturated carbocycles. The predicted octanol–water partition coefficient (Wildman–Crippen LogP) is 4.68. The van der Waals surface area contributed by atoms with E-state index in [9.17, 15) is 14.9 Å². The molecule has 0 radical (unpaired) electrons. The standard InChI is InChI=1S/C15H20ClNO5/c1-3-4-5-6-7-10(2)22-14-9-12(16)11(15(18)19)8-13(14)17(20)21/h8-10H,3-7H2,1-2H3,(H,18,19)/t10-/m1/s1. The lowest BCUT2D eigenvalue weighted by Crippen LogP contribution is -2.13. The van der Waals surface area contributed by atoms with Gasteiger partial charge >= 0.3 is 11.7 Å². The second-order valence-electron chi connectivity index (χ2n) is 5.14. The minimum absolute atomic E-state index is 0.00277. The number of benzene rings is 1. The average molecular weight is 330 g/mol. The highest BCUT2D eigenvalue weighted by Gasteiger charge is 2.23. The largest absolute Gasteiger partial charge is 0.484 e. The maximum Gasteiger partial charge on any atom is 0.337 e. The molecular weight excluding hydrogens is 310 g/mol. The Morgan fingerprint density at radius 3 is 2.64 bits per heavy atom. The number of unbranched alkanes of at least 4 members (excludes halogenated alkanes) is 3. The van der Waals surface area contributed by atoms with Crippen molar-refractivity contribution in [2.45, 2.75) is 52.1 Å². The van der Waals surface area contributed by atoms with Gasteiger partial charge in [-0.3, -0.25) is 10.1 Å². The SMILES string of the molecule is CCCCCC[C@@H](C)Oc1cc(Cl)c(C(=O)O)cc1[N+](=O)[O-]. The molecule has 0 aliphatic rings. The van der Waals surface area contributed by atoms with Crippen LogP contribution in [0, 0.1) is 10.1 Å². The number of carboxylic acids is 1. The number of hydrogen-bond donors (Lipinski definition) is 1. The Hall–Kier alpha value is -1.82. The molecule has 0 aliphatic carbocycles. The number of rotatable bonds is 9. The maximum absolute atomic E-state index is 11.1. The van der Waals surface area contributed by atoms with E-state index in [2.05, 4.69) is 6.92 Å². The van der Waals surface area contributed by atoms with Gasteiger partial charge in [0.2, 0.25) is 0 Å². The monoisotopic (exact) mass is 329 g/mol. The van der Waals surface area contributed by atoms with E-state index in [0.29, 0.717) is 0 Å². The van der Waals surface area contributed by atoms with Crippen LogP contribution >= 0.6 is 11.6 Å². The molecular formula is C15H20ClNO5. The number of carboxylic acid groups (broad SMARTS) is 1. The number of aromatic carboxylic acids is 1. The lowest BCUT2D eigenvalue weighted by molar-refractivity contribution is -0.386. The molecule has 0 aliphatic heterocycles. The van der Waals surface area contributed by atoms with Gasteiger partial charge in [-0.25, -0.2) is 4.79 Å². The van der Waals surface area contributed by atoms with Crippen molar-refractivity contribution in [3.8, 4) is 5.75 Å². The molecule has 0 unspecified atom stereocenters. The predicted molar refractivity (Wildman–Crippen MR) is 83.9 cm³/mol. The number of halogens is 1. The summed E-state index contributed by atoms with van der Waals surface area (Å²) in [5.41, 5.74) is -0.696. The molecule has 7 heteroatoms. The van der Waals surface area contributed by atoms with Crippen LogP contribution in [0.2, 0.25) is 5.02 Å². The summed E-state index contributed by atoms with van der Waals surface area (Å²) in [6.07, 6.45) is 4.91. The molecule has 1 rings (SSSR count). The van der Waals surface area contributed by atoms with Crippen molar-refractivity contribution in [3.05, 3.63) is 32.8 Å². The minimum atomic E-state index is -1.31. The van der Waals surface area contributed by atoms with Crippen LogP contribution in [0.5, 0.6) is 5.75 Å².